The summed E-state index contributed by atoms with van der Waals surface area (Å²) in [5.74, 6) is -0.186. The number of nitrogens with one attached hydrogen (secondary N) is 1. The second kappa shape index (κ2) is 6.21. The van der Waals surface area contributed by atoms with Gasteiger partial charge in [0, 0.05) is 18.8 Å². The summed E-state index contributed by atoms with van der Waals surface area (Å²) in [4.78, 5) is 0. The van der Waals surface area contributed by atoms with Gasteiger partial charge in [-0.25, -0.2) is 4.39 Å². The molecule has 1 aromatic heterocycles. The predicted molar refractivity (Wildman–Crippen MR) is 68.4 cm³/mol. The maximum absolute atomic E-state index is 13.0. The van der Waals surface area contributed by atoms with Gasteiger partial charge in [0.25, 0.3) is 0 Å². The van der Waals surface area contributed by atoms with Crippen LogP contribution in [0.15, 0.2) is 42.6 Å². The summed E-state index contributed by atoms with van der Waals surface area (Å²) >= 11 is 0. The van der Waals surface area contributed by atoms with Crippen molar-refractivity contribution in [3.63, 3.8) is 0 Å². The molecule has 0 fully saturated rings. The van der Waals surface area contributed by atoms with Gasteiger partial charge in [-0.3, -0.25) is 0 Å². The molecule has 0 saturated heterocycles. The van der Waals surface area contributed by atoms with Gasteiger partial charge in [0.2, 0.25) is 0 Å². The number of hydrogen-bond acceptors (Lipinski definition) is 3. The molecule has 0 amide bonds. The predicted octanol–water partition coefficient (Wildman–Crippen LogP) is 2.34. The van der Waals surface area contributed by atoms with Crippen LogP contribution < -0.4 is 5.32 Å². The molecule has 1 N–H and O–H groups in total. The Morgan fingerprint density at radius 2 is 2.17 bits per heavy atom. The van der Waals surface area contributed by atoms with Crippen LogP contribution >= 0.6 is 0 Å². The largest absolute Gasteiger partial charge is 0.308 e. The van der Waals surface area contributed by atoms with Gasteiger partial charge in [-0.2, -0.15) is 10.2 Å². The van der Waals surface area contributed by atoms with Crippen LogP contribution in [0, 0.1) is 5.82 Å². The fourth-order valence-electron chi connectivity index (χ4n) is 1.80. The number of aromatic nitrogens is 2. The van der Waals surface area contributed by atoms with E-state index in [1.54, 1.807) is 18.3 Å². The Morgan fingerprint density at radius 3 is 2.89 bits per heavy atom. The van der Waals surface area contributed by atoms with Crippen molar-refractivity contribution < 1.29 is 4.39 Å². The second-order valence-corrected chi connectivity index (χ2v) is 4.33. The Labute approximate surface area is 106 Å². The van der Waals surface area contributed by atoms with E-state index in [0.29, 0.717) is 6.54 Å². The Kier molecular flexibility index (Phi) is 4.36. The lowest BCUT2D eigenvalue weighted by molar-refractivity contribution is 0.535. The third-order valence-corrected chi connectivity index (χ3v) is 2.69. The fraction of sp³-hybridized carbons (Fsp3) is 0.286. The summed E-state index contributed by atoms with van der Waals surface area (Å²) in [5, 5.41) is 11.2. The smallest absolute Gasteiger partial charge is 0.123 e. The molecule has 0 aliphatic heterocycles. The molecular weight excluding hydrogens is 229 g/mol. The number of hydrogen-bond donors (Lipinski definition) is 1. The maximum atomic E-state index is 13.0. The van der Waals surface area contributed by atoms with E-state index in [9.17, 15) is 4.39 Å². The molecule has 0 aliphatic rings. The van der Waals surface area contributed by atoms with E-state index in [2.05, 4.69) is 22.4 Å². The van der Waals surface area contributed by atoms with Crippen LogP contribution in [-0.4, -0.2) is 16.2 Å². The minimum absolute atomic E-state index is 0.186. The molecule has 3 nitrogen and oxygen atoms in total. The van der Waals surface area contributed by atoms with E-state index < -0.39 is 0 Å². The van der Waals surface area contributed by atoms with Crippen molar-refractivity contribution in [2.24, 2.45) is 0 Å². The molecule has 1 unspecified atom stereocenters. The van der Waals surface area contributed by atoms with Crippen molar-refractivity contribution in [2.45, 2.75) is 25.9 Å². The van der Waals surface area contributed by atoms with Crippen LogP contribution in [0.3, 0.4) is 0 Å². The fourth-order valence-corrected chi connectivity index (χ4v) is 1.80. The first-order chi connectivity index (χ1) is 8.74. The topological polar surface area (TPSA) is 37.8 Å². The first-order valence-corrected chi connectivity index (χ1v) is 5.98. The van der Waals surface area contributed by atoms with Crippen LogP contribution in [-0.2, 0) is 13.0 Å². The van der Waals surface area contributed by atoms with Crippen molar-refractivity contribution in [3.8, 4) is 0 Å². The van der Waals surface area contributed by atoms with E-state index >= 15 is 0 Å². The van der Waals surface area contributed by atoms with Crippen molar-refractivity contribution in [2.75, 3.05) is 0 Å². The molecule has 1 atom stereocenters. The first kappa shape index (κ1) is 12.6. The number of benzene rings is 1. The third kappa shape index (κ3) is 3.89. The van der Waals surface area contributed by atoms with Gasteiger partial charge in [0.15, 0.2) is 0 Å². The zero-order valence-electron chi connectivity index (χ0n) is 10.3. The molecule has 2 aromatic rings. The Hall–Kier alpha value is -1.81. The van der Waals surface area contributed by atoms with Gasteiger partial charge in [0.1, 0.15) is 5.82 Å². The molecule has 0 spiro atoms. The molecular formula is C14H16FN3. The van der Waals surface area contributed by atoms with Gasteiger partial charge < -0.3 is 5.32 Å². The van der Waals surface area contributed by atoms with Crippen molar-refractivity contribution in [3.05, 3.63) is 59.7 Å². The molecule has 18 heavy (non-hydrogen) atoms. The Morgan fingerprint density at radius 1 is 1.28 bits per heavy atom. The molecule has 0 aliphatic carbocycles. The summed E-state index contributed by atoms with van der Waals surface area (Å²) in [7, 11) is 0. The highest BCUT2D eigenvalue weighted by molar-refractivity contribution is 5.17. The Balaban J connectivity index is 1.84. The van der Waals surface area contributed by atoms with Crippen LogP contribution in [0.25, 0.3) is 0 Å². The number of nitrogens with zero attached hydrogens (tertiary/aromatic N) is 2. The van der Waals surface area contributed by atoms with E-state index in [1.165, 1.54) is 6.07 Å². The normalized spacial score (nSPS) is 12.3. The molecule has 94 valence electrons. The molecule has 4 heteroatoms. The highest BCUT2D eigenvalue weighted by Crippen LogP contribution is 2.06. The van der Waals surface area contributed by atoms with Crippen LogP contribution in [0.2, 0.25) is 0 Å². The van der Waals surface area contributed by atoms with Gasteiger partial charge in [-0.15, -0.1) is 0 Å². The zero-order valence-corrected chi connectivity index (χ0v) is 10.3. The monoisotopic (exact) mass is 245 g/mol. The van der Waals surface area contributed by atoms with Crippen LogP contribution in [0.1, 0.15) is 18.2 Å². The average molecular weight is 245 g/mol. The second-order valence-electron chi connectivity index (χ2n) is 4.33. The lowest BCUT2D eigenvalue weighted by Gasteiger charge is -2.13. The number of halogens is 1. The van der Waals surface area contributed by atoms with Gasteiger partial charge >= 0.3 is 0 Å². The summed E-state index contributed by atoms with van der Waals surface area (Å²) in [6, 6.07) is 10.7. The number of rotatable bonds is 5. The van der Waals surface area contributed by atoms with Crippen molar-refractivity contribution in [1.82, 2.24) is 15.5 Å². The Bertz CT molecular complexity index is 487. The van der Waals surface area contributed by atoms with E-state index in [4.69, 9.17) is 0 Å². The highest BCUT2D eigenvalue weighted by Gasteiger charge is 2.04. The molecule has 1 aromatic carbocycles. The maximum Gasteiger partial charge on any atom is 0.123 e. The molecule has 0 saturated carbocycles. The van der Waals surface area contributed by atoms with Gasteiger partial charge in [-0.1, -0.05) is 12.1 Å². The van der Waals surface area contributed by atoms with E-state index in [-0.39, 0.29) is 11.9 Å². The summed E-state index contributed by atoms with van der Waals surface area (Å²) in [6.45, 7) is 2.74. The molecule has 0 radical (unpaired) electrons. The van der Waals surface area contributed by atoms with Gasteiger partial charge in [-0.05, 0) is 43.2 Å². The van der Waals surface area contributed by atoms with Gasteiger partial charge in [0.05, 0.1) is 5.69 Å². The first-order valence-electron chi connectivity index (χ1n) is 5.98. The van der Waals surface area contributed by atoms with E-state index in [0.717, 1.165) is 17.7 Å². The quantitative estimate of drug-likeness (QED) is 0.878. The third-order valence-electron chi connectivity index (χ3n) is 2.69. The minimum atomic E-state index is -0.186. The van der Waals surface area contributed by atoms with Crippen molar-refractivity contribution >= 4 is 0 Å². The summed E-state index contributed by atoms with van der Waals surface area (Å²) in [5.41, 5.74) is 1.90. The zero-order chi connectivity index (χ0) is 12.8. The minimum Gasteiger partial charge on any atom is -0.308 e. The lowest BCUT2D eigenvalue weighted by atomic mass is 10.1. The SMILES string of the molecule is CC(Cc1cccc(F)c1)NCc1cccnn1. The van der Waals surface area contributed by atoms with Crippen LogP contribution in [0.4, 0.5) is 4.39 Å². The van der Waals surface area contributed by atoms with E-state index in [1.807, 2.05) is 18.2 Å². The van der Waals surface area contributed by atoms with Crippen molar-refractivity contribution in [1.29, 1.82) is 0 Å². The molecule has 1 heterocycles. The molecule has 2 rings (SSSR count). The molecule has 0 bridgehead atoms. The highest BCUT2D eigenvalue weighted by atomic mass is 19.1. The standard InChI is InChI=1S/C14H16FN3/c1-11(8-12-4-2-5-13(15)9-12)16-10-14-6-3-7-17-18-14/h2-7,9,11,16H,8,10H2,1H3. The average Bonchev–Trinajstić information content (AvgIpc) is 2.38. The lowest BCUT2D eigenvalue weighted by Crippen LogP contribution is -2.28. The van der Waals surface area contributed by atoms with Crippen LogP contribution in [0.5, 0.6) is 0 Å². The summed E-state index contributed by atoms with van der Waals surface area (Å²) < 4.78 is 13.0. The summed E-state index contributed by atoms with van der Waals surface area (Å²) in [6.07, 6.45) is 2.44.